The van der Waals surface area contributed by atoms with Gasteiger partial charge in [0.25, 0.3) is 0 Å². The van der Waals surface area contributed by atoms with E-state index in [1.165, 1.54) is 0 Å². The molecular weight excluding hydrogens is 873 g/mol. The van der Waals surface area contributed by atoms with Crippen LogP contribution < -0.4 is 98.9 Å². The van der Waals surface area contributed by atoms with E-state index in [2.05, 4.69) is 7.32 Å². The summed E-state index contributed by atoms with van der Waals surface area (Å²) in [5.41, 5.74) is 0. The summed E-state index contributed by atoms with van der Waals surface area (Å²) in [5.74, 6) is -4.33. The Balaban J connectivity index is -0.0000000948. The van der Waals surface area contributed by atoms with Crippen LogP contribution in [0.5, 0.6) is 0 Å². The van der Waals surface area contributed by atoms with Gasteiger partial charge >= 0.3 is 273 Å². The summed E-state index contributed by atoms with van der Waals surface area (Å²) in [6.07, 6.45) is -17.7. The van der Waals surface area contributed by atoms with Gasteiger partial charge in [0.05, 0.1) is 0 Å². The molecule has 31 heteroatoms. The van der Waals surface area contributed by atoms with Crippen LogP contribution in [-0.2, 0) is 29.0 Å². The third kappa shape index (κ3) is 19.2. The van der Waals surface area contributed by atoms with Crippen LogP contribution in [0.1, 0.15) is 0 Å². The van der Waals surface area contributed by atoms with E-state index < -0.39 is 114 Å². The fraction of sp³-hybridized carbons (Fsp3) is 0.833. The van der Waals surface area contributed by atoms with Crippen molar-refractivity contribution in [1.82, 2.24) is 0 Å². The molecule has 2 aliphatic rings. The van der Waals surface area contributed by atoms with Crippen molar-refractivity contribution in [3.05, 3.63) is 0 Å². The van der Waals surface area contributed by atoms with Crippen molar-refractivity contribution in [2.24, 2.45) is 0 Å². The Labute approximate surface area is 318 Å². The van der Waals surface area contributed by atoms with Crippen molar-refractivity contribution in [2.45, 2.75) is 48.8 Å². The molecule has 24 N–H and O–H groups in total. The molecule has 0 unspecified atom stereocenters. The maximum atomic E-state index is 12.9. The molecule has 0 amide bonds. The summed E-state index contributed by atoms with van der Waals surface area (Å²) in [6.45, 7) is -2.24. The van der Waals surface area contributed by atoms with E-state index in [1.807, 2.05) is 0 Å². The molecule has 0 aromatic carbocycles. The van der Waals surface area contributed by atoms with Gasteiger partial charge in [-0.3, -0.25) is 0 Å². The molecule has 0 saturated carbocycles. The van der Waals surface area contributed by atoms with Crippen LogP contribution in [0.3, 0.4) is 0 Å². The van der Waals surface area contributed by atoms with Crippen molar-refractivity contribution >= 4 is 52.0 Å². The number of aliphatic hydroxyl groups excluding tert-OH is 6. The minimum absolute atomic E-state index is 0. The predicted octanol–water partition coefficient (Wildman–Crippen LogP) is -25.2. The fourth-order valence-corrected chi connectivity index (χ4v) is 17.7. The van der Waals surface area contributed by atoms with Gasteiger partial charge in [0, 0.05) is 0 Å². The van der Waals surface area contributed by atoms with Crippen molar-refractivity contribution in [2.75, 3.05) is 13.2 Å². The SMILES string of the molecule is O.O.O.O.O.O.O.O.O.O=C([O-])[C@@H]1[O][Sb](=[O])([O][Sb]2(=[O])[O][C@H]([C@H](O)CO)[C@H](O)[C@H](C(=O)[O-])[O]2)[O][C@H]([C@H](O)CO)[C@@H]1O.[Na+].[Na+].[Na+]. The molecule has 43 heavy (non-hydrogen) atoms. The molecular formula is C12H36Na3O26Sb2+. The number of aliphatic hydroxyl groups is 6. The first kappa shape index (κ1) is 75.6. The second-order valence-electron chi connectivity index (χ2n) is 6.29. The number of hydrogen-bond donors (Lipinski definition) is 6. The molecule has 0 aromatic heterocycles. The number of carbonyl (C=O) groups excluding carboxylic acids is 2. The topological polar surface area (TPSA) is 565 Å². The maximum Gasteiger partial charge on any atom is 1.00 e. The molecule has 2 heterocycles. The molecule has 2 aliphatic heterocycles. The molecule has 0 radical (unpaired) electrons. The van der Waals surface area contributed by atoms with E-state index in [4.69, 9.17) is 16.2 Å². The van der Waals surface area contributed by atoms with Crippen molar-refractivity contribution in [3.63, 3.8) is 0 Å². The first-order valence-corrected chi connectivity index (χ1v) is 16.6. The molecule has 2 rings (SSSR count). The second-order valence-corrected chi connectivity index (χ2v) is 17.4. The Kier molecular flexibility index (Phi) is 55.6. The zero-order valence-corrected chi connectivity index (χ0v) is 33.7. The summed E-state index contributed by atoms with van der Waals surface area (Å²) in [4.78, 5) is 22.4. The summed E-state index contributed by atoms with van der Waals surface area (Å²) in [6, 6.07) is 0. The zero-order valence-electron chi connectivity index (χ0n) is 22.6. The number of rotatable bonds is 8. The average molecular weight is 909 g/mol. The monoisotopic (exact) mass is 907 g/mol. The van der Waals surface area contributed by atoms with Crippen LogP contribution >= 0.6 is 0 Å². The largest absolute Gasteiger partial charge is 1.00 e. The van der Waals surface area contributed by atoms with Gasteiger partial charge in [-0.25, -0.2) is 0 Å². The van der Waals surface area contributed by atoms with Gasteiger partial charge in [-0.15, -0.1) is 0 Å². The Bertz CT molecular complexity index is 732. The van der Waals surface area contributed by atoms with E-state index in [1.54, 1.807) is 0 Å². The van der Waals surface area contributed by atoms with E-state index >= 15 is 0 Å². The van der Waals surface area contributed by atoms with Gasteiger partial charge in [0.15, 0.2) is 0 Å². The fourth-order valence-electron chi connectivity index (χ4n) is 2.59. The molecule has 0 spiro atoms. The Morgan fingerprint density at radius 2 is 0.860 bits per heavy atom. The molecule has 252 valence electrons. The first-order chi connectivity index (χ1) is 14.3. The number of carboxylic acid groups (broad SMARTS) is 2. The first-order valence-electron chi connectivity index (χ1n) is 8.28. The van der Waals surface area contributed by atoms with Gasteiger partial charge in [0.2, 0.25) is 0 Å². The third-order valence-corrected chi connectivity index (χ3v) is 18.5. The van der Waals surface area contributed by atoms with Gasteiger partial charge in [0.1, 0.15) is 0 Å². The van der Waals surface area contributed by atoms with E-state index in [9.17, 15) is 46.3 Å². The third-order valence-electron chi connectivity index (χ3n) is 4.08. The van der Waals surface area contributed by atoms with Crippen LogP contribution in [0.25, 0.3) is 0 Å². The smallest absolute Gasteiger partial charge is 1.00 e. The van der Waals surface area contributed by atoms with Crippen LogP contribution in [0.4, 0.5) is 0 Å². The van der Waals surface area contributed by atoms with Crippen LogP contribution in [-0.4, -0.2) is 194 Å². The summed E-state index contributed by atoms with van der Waals surface area (Å²) < 4.78 is 48.9. The number of carbonyl (C=O) groups is 2. The van der Waals surface area contributed by atoms with Crippen LogP contribution in [0.2, 0.25) is 0 Å². The van der Waals surface area contributed by atoms with Crippen LogP contribution in [0.15, 0.2) is 0 Å². The van der Waals surface area contributed by atoms with E-state index in [0.717, 1.165) is 0 Å². The average Bonchev–Trinajstić information content (AvgIpc) is 2.69. The Hall–Kier alpha value is 2.38. The standard InChI is InChI=1S/2C6H10O7.3Na.9H2O.3O.2Sb/c2*7-1-2(8)3(9)4(10)5(11)6(12)13;;;;;;;;;;;;;;;;;/h2*2-5,7-8,10H,1H2,(H,12,13);;;;9*1H2;;;;;/q2*-2;3*+1;;;;;;;;;;;;;2*+2/p-2/t2*2-,3-,4+,5-;;;;;;;;;;;;;;;;;/m11................./s1. The van der Waals surface area contributed by atoms with Gasteiger partial charge in [-0.05, 0) is 0 Å². The summed E-state index contributed by atoms with van der Waals surface area (Å²) >= 11 is -13.1. The van der Waals surface area contributed by atoms with E-state index in [0.29, 0.717) is 0 Å². The van der Waals surface area contributed by atoms with E-state index in [-0.39, 0.29) is 138 Å². The Morgan fingerprint density at radius 3 is 1.05 bits per heavy atom. The van der Waals surface area contributed by atoms with Gasteiger partial charge in [-0.2, -0.15) is 0 Å². The molecule has 2 saturated heterocycles. The maximum absolute atomic E-state index is 12.9. The second kappa shape index (κ2) is 31.6. The molecule has 8 atom stereocenters. The quantitative estimate of drug-likeness (QED) is 0.123. The predicted molar refractivity (Wildman–Crippen MR) is 114 cm³/mol. The normalized spacial score (nSPS) is 31.1. The minimum Gasteiger partial charge on any atom is 1.00 e. The number of hydrogen-bond acceptors (Lipinski definition) is 17. The Morgan fingerprint density at radius 1 is 0.628 bits per heavy atom. The minimum atomic E-state index is -6.57. The molecule has 26 nitrogen and oxygen atoms in total. The van der Waals surface area contributed by atoms with Gasteiger partial charge in [-0.1, -0.05) is 0 Å². The number of carboxylic acids is 2. The molecule has 2 fully saturated rings. The molecule has 0 aromatic rings. The van der Waals surface area contributed by atoms with Crippen molar-refractivity contribution in [3.8, 4) is 0 Å². The van der Waals surface area contributed by atoms with Crippen molar-refractivity contribution in [1.29, 1.82) is 0 Å². The zero-order chi connectivity index (χ0) is 23.7. The van der Waals surface area contributed by atoms with Crippen molar-refractivity contribution < 1.29 is 208 Å². The van der Waals surface area contributed by atoms with Gasteiger partial charge < -0.3 is 49.3 Å². The molecule has 0 aliphatic carbocycles. The van der Waals surface area contributed by atoms with Crippen LogP contribution in [0, 0.1) is 0 Å². The summed E-state index contributed by atoms with van der Waals surface area (Å²) in [5, 5.41) is 79.5. The number of aliphatic carboxylic acids is 2. The molecule has 0 bridgehead atoms. The summed E-state index contributed by atoms with van der Waals surface area (Å²) in [7, 11) is 0.